The molecule has 0 amide bonds. The summed E-state index contributed by atoms with van der Waals surface area (Å²) in [4.78, 5) is 0. The summed E-state index contributed by atoms with van der Waals surface area (Å²) in [5.74, 6) is 0.329. The Morgan fingerprint density at radius 2 is 1.50 bits per heavy atom. The topological polar surface area (TPSA) is 0 Å². The number of benzene rings is 2. The summed E-state index contributed by atoms with van der Waals surface area (Å²) >= 11 is 0. The first-order chi connectivity index (χ1) is 9.76. The van der Waals surface area contributed by atoms with Crippen LogP contribution in [0.1, 0.15) is 18.4 Å². The molecule has 0 heterocycles. The van der Waals surface area contributed by atoms with Crippen molar-refractivity contribution in [3.63, 3.8) is 0 Å². The maximum atomic E-state index is 3.88. The van der Waals surface area contributed by atoms with Crippen LogP contribution >= 0.6 is 0 Å². The van der Waals surface area contributed by atoms with Gasteiger partial charge in [0, 0.05) is 5.92 Å². The van der Waals surface area contributed by atoms with Gasteiger partial charge in [-0.15, -0.1) is 0 Å². The molecule has 0 aliphatic carbocycles. The minimum atomic E-state index is 0.329. The lowest BCUT2D eigenvalue weighted by Crippen LogP contribution is -1.95. The second-order valence-electron chi connectivity index (χ2n) is 4.82. The third-order valence-corrected chi connectivity index (χ3v) is 3.56. The van der Waals surface area contributed by atoms with Crippen LogP contribution in [0, 0.1) is 0 Å². The maximum Gasteiger partial charge on any atom is 0.00607 e. The highest BCUT2D eigenvalue weighted by Gasteiger charge is 2.08. The van der Waals surface area contributed by atoms with E-state index in [0.29, 0.717) is 5.92 Å². The van der Waals surface area contributed by atoms with Gasteiger partial charge in [0.05, 0.1) is 0 Å². The average molecular weight is 260 g/mol. The van der Waals surface area contributed by atoms with Gasteiger partial charge in [0.25, 0.3) is 0 Å². The summed E-state index contributed by atoms with van der Waals surface area (Å²) in [6, 6.07) is 19.2. The van der Waals surface area contributed by atoms with E-state index in [9.17, 15) is 0 Å². The van der Waals surface area contributed by atoms with Crippen molar-refractivity contribution in [2.75, 3.05) is 0 Å². The molecule has 0 saturated heterocycles. The van der Waals surface area contributed by atoms with E-state index >= 15 is 0 Å². The molecule has 0 radical (unpaired) electrons. The van der Waals surface area contributed by atoms with Gasteiger partial charge in [0.1, 0.15) is 0 Å². The lowest BCUT2D eigenvalue weighted by atomic mass is 9.91. The van der Waals surface area contributed by atoms with Gasteiger partial charge in [0.15, 0.2) is 0 Å². The van der Waals surface area contributed by atoms with Crippen LogP contribution in [-0.2, 0) is 0 Å². The van der Waals surface area contributed by atoms with E-state index in [0.717, 1.165) is 0 Å². The Labute approximate surface area is 121 Å². The molecule has 0 aromatic heterocycles. The highest BCUT2D eigenvalue weighted by atomic mass is 14.1. The largest absolute Gasteiger partial charge is 0.0991 e. The minimum Gasteiger partial charge on any atom is -0.0991 e. The molecule has 0 saturated carbocycles. The predicted molar refractivity (Wildman–Crippen MR) is 88.8 cm³/mol. The zero-order valence-electron chi connectivity index (χ0n) is 11.9. The van der Waals surface area contributed by atoms with E-state index in [1.54, 1.807) is 0 Å². The lowest BCUT2D eigenvalue weighted by Gasteiger charge is -2.14. The van der Waals surface area contributed by atoms with E-state index in [2.05, 4.69) is 68.6 Å². The SMILES string of the molecule is C=C/C=C(\C=C)C(C)c1ccc(-c2ccccc2)cc1. The second-order valence-corrected chi connectivity index (χ2v) is 4.82. The summed E-state index contributed by atoms with van der Waals surface area (Å²) in [6.07, 6.45) is 5.73. The van der Waals surface area contributed by atoms with Crippen LogP contribution in [-0.4, -0.2) is 0 Å². The molecule has 0 aliphatic heterocycles. The average Bonchev–Trinajstić information content (AvgIpc) is 2.53. The normalized spacial score (nSPS) is 12.8. The Bertz CT molecular complexity index is 600. The molecule has 1 unspecified atom stereocenters. The highest BCUT2D eigenvalue weighted by Crippen LogP contribution is 2.27. The first kappa shape index (κ1) is 14.1. The molecule has 0 nitrogen and oxygen atoms in total. The Balaban J connectivity index is 2.26. The molecule has 0 fully saturated rings. The third-order valence-electron chi connectivity index (χ3n) is 3.56. The maximum absolute atomic E-state index is 3.88. The van der Waals surface area contributed by atoms with Crippen LogP contribution in [0.25, 0.3) is 11.1 Å². The quantitative estimate of drug-likeness (QED) is 0.600. The van der Waals surface area contributed by atoms with E-state index < -0.39 is 0 Å². The van der Waals surface area contributed by atoms with Crippen molar-refractivity contribution in [2.45, 2.75) is 12.8 Å². The van der Waals surface area contributed by atoms with Crippen LogP contribution in [0.4, 0.5) is 0 Å². The van der Waals surface area contributed by atoms with Crippen molar-refractivity contribution in [3.05, 3.63) is 97.1 Å². The van der Waals surface area contributed by atoms with Crippen molar-refractivity contribution in [1.29, 1.82) is 0 Å². The van der Waals surface area contributed by atoms with Gasteiger partial charge in [-0.05, 0) is 22.3 Å². The van der Waals surface area contributed by atoms with Crippen LogP contribution in [0.15, 0.2) is 91.6 Å². The van der Waals surface area contributed by atoms with Crippen LogP contribution in [0.2, 0.25) is 0 Å². The van der Waals surface area contributed by atoms with Gasteiger partial charge in [0.2, 0.25) is 0 Å². The first-order valence-corrected chi connectivity index (χ1v) is 6.86. The fourth-order valence-corrected chi connectivity index (χ4v) is 2.31. The summed E-state index contributed by atoms with van der Waals surface area (Å²) in [5.41, 5.74) is 4.97. The number of hydrogen-bond acceptors (Lipinski definition) is 0. The Kier molecular flexibility index (Phi) is 4.73. The number of hydrogen-bond donors (Lipinski definition) is 0. The van der Waals surface area contributed by atoms with Gasteiger partial charge in [-0.2, -0.15) is 0 Å². The second kappa shape index (κ2) is 6.72. The van der Waals surface area contributed by atoms with Crippen molar-refractivity contribution in [1.82, 2.24) is 0 Å². The highest BCUT2D eigenvalue weighted by molar-refractivity contribution is 5.63. The molecule has 2 aromatic carbocycles. The van der Waals surface area contributed by atoms with Gasteiger partial charge < -0.3 is 0 Å². The molecule has 0 aliphatic rings. The van der Waals surface area contributed by atoms with Crippen LogP contribution in [0.3, 0.4) is 0 Å². The number of allylic oxidation sites excluding steroid dienone is 4. The summed E-state index contributed by atoms with van der Waals surface area (Å²) in [5, 5.41) is 0. The Morgan fingerprint density at radius 1 is 0.900 bits per heavy atom. The van der Waals surface area contributed by atoms with Crippen molar-refractivity contribution < 1.29 is 0 Å². The predicted octanol–water partition coefficient (Wildman–Crippen LogP) is 5.76. The molecule has 1 atom stereocenters. The van der Waals surface area contributed by atoms with Gasteiger partial charge in [-0.25, -0.2) is 0 Å². The zero-order chi connectivity index (χ0) is 14.4. The minimum absolute atomic E-state index is 0.329. The van der Waals surface area contributed by atoms with Gasteiger partial charge in [-0.3, -0.25) is 0 Å². The smallest absolute Gasteiger partial charge is 0.00607 e. The molecule has 0 heteroatoms. The Hall–Kier alpha value is -2.34. The van der Waals surface area contributed by atoms with Gasteiger partial charge >= 0.3 is 0 Å². The van der Waals surface area contributed by atoms with Crippen LogP contribution < -0.4 is 0 Å². The summed E-state index contributed by atoms with van der Waals surface area (Å²) < 4.78 is 0. The Morgan fingerprint density at radius 3 is 2.05 bits per heavy atom. The molecular formula is C20H20. The molecule has 2 rings (SSSR count). The summed E-state index contributed by atoms with van der Waals surface area (Å²) in [7, 11) is 0. The zero-order valence-corrected chi connectivity index (χ0v) is 11.9. The van der Waals surface area contributed by atoms with Gasteiger partial charge in [-0.1, -0.05) is 92.9 Å². The fourth-order valence-electron chi connectivity index (χ4n) is 2.31. The first-order valence-electron chi connectivity index (χ1n) is 6.86. The third kappa shape index (κ3) is 3.16. The lowest BCUT2D eigenvalue weighted by molar-refractivity contribution is 0.923. The molecule has 0 N–H and O–H groups in total. The van der Waals surface area contributed by atoms with Crippen molar-refractivity contribution in [2.24, 2.45) is 0 Å². The van der Waals surface area contributed by atoms with E-state index in [4.69, 9.17) is 0 Å². The fraction of sp³-hybridized carbons (Fsp3) is 0.100. The molecular weight excluding hydrogens is 240 g/mol. The monoisotopic (exact) mass is 260 g/mol. The van der Waals surface area contributed by atoms with E-state index in [1.165, 1.54) is 22.3 Å². The standard InChI is InChI=1S/C20H20/c1-4-9-17(5-2)16(3)18-12-14-20(15-13-18)19-10-7-6-8-11-19/h4-16H,1-2H2,3H3/b17-9+. The molecule has 0 bridgehead atoms. The molecule has 0 spiro atoms. The molecule has 2 aromatic rings. The van der Waals surface area contributed by atoms with E-state index in [1.807, 2.05) is 24.3 Å². The van der Waals surface area contributed by atoms with Crippen molar-refractivity contribution in [3.8, 4) is 11.1 Å². The van der Waals surface area contributed by atoms with E-state index in [-0.39, 0.29) is 0 Å². The van der Waals surface area contributed by atoms with Crippen LogP contribution in [0.5, 0.6) is 0 Å². The summed E-state index contributed by atoms with van der Waals surface area (Å²) in [6.45, 7) is 9.82. The molecule has 20 heavy (non-hydrogen) atoms. The van der Waals surface area contributed by atoms with Crippen molar-refractivity contribution >= 4 is 0 Å². The number of rotatable bonds is 5. The molecule has 100 valence electrons.